The van der Waals surface area contributed by atoms with Crippen LogP contribution in [0.2, 0.25) is 0 Å². The van der Waals surface area contributed by atoms with Crippen LogP contribution in [0.1, 0.15) is 25.7 Å². The maximum atomic E-state index is 10.8. The van der Waals surface area contributed by atoms with Crippen LogP contribution < -0.4 is 20.9 Å². The minimum atomic E-state index is -0.418. The lowest BCUT2D eigenvalue weighted by molar-refractivity contribution is -0.384. The smallest absolute Gasteiger partial charge is 0.269 e. The molecule has 2 aromatic carbocycles. The highest BCUT2D eigenvalue weighted by Crippen LogP contribution is 2.28. The van der Waals surface area contributed by atoms with Gasteiger partial charge in [0.25, 0.3) is 5.69 Å². The van der Waals surface area contributed by atoms with E-state index in [0.717, 1.165) is 54.6 Å². The average Bonchev–Trinajstić information content (AvgIpc) is 2.83. The van der Waals surface area contributed by atoms with Crippen molar-refractivity contribution in [2.75, 3.05) is 36.2 Å². The third-order valence-corrected chi connectivity index (χ3v) is 6.32. The van der Waals surface area contributed by atoms with Crippen molar-refractivity contribution in [1.29, 1.82) is 0 Å². The Morgan fingerprint density at radius 3 is 2.47 bits per heavy atom. The molecule has 3 N–H and O–H groups in total. The van der Waals surface area contributed by atoms with Crippen molar-refractivity contribution < 1.29 is 4.92 Å². The van der Waals surface area contributed by atoms with Crippen molar-refractivity contribution in [1.82, 2.24) is 15.3 Å². The van der Waals surface area contributed by atoms with Crippen molar-refractivity contribution >= 4 is 51.4 Å². The lowest BCUT2D eigenvalue weighted by Crippen LogP contribution is -2.36. The Bertz CT molecular complexity index is 1160. The zero-order valence-corrected chi connectivity index (χ0v) is 20.1. The summed E-state index contributed by atoms with van der Waals surface area (Å²) >= 11 is 5.38. The fourth-order valence-electron chi connectivity index (χ4n) is 4.24. The standard InChI is InChI=1S/C24H29N7O2S/c1-30(2)22-20-5-3-4-6-21(20)28-23(29-22)26-17-9-7-16(8-10-17)15-25-24(34)27-18-11-13-19(14-12-18)31(32)33/h3-6,11-14,16-17H,7-10,15H2,1-2H3,(H2,25,27,34)(H,26,28,29). The Kier molecular flexibility index (Phi) is 7.36. The van der Waals surface area contributed by atoms with E-state index >= 15 is 0 Å². The lowest BCUT2D eigenvalue weighted by atomic mass is 9.86. The van der Waals surface area contributed by atoms with Gasteiger partial charge in [-0.1, -0.05) is 12.1 Å². The zero-order valence-electron chi connectivity index (χ0n) is 19.3. The minimum Gasteiger partial charge on any atom is -0.362 e. The highest BCUT2D eigenvalue weighted by Gasteiger charge is 2.22. The van der Waals surface area contributed by atoms with Crippen LogP contribution in [0.4, 0.5) is 23.1 Å². The van der Waals surface area contributed by atoms with Crippen LogP contribution in [-0.2, 0) is 0 Å². The average molecular weight is 480 g/mol. The molecule has 10 heteroatoms. The van der Waals surface area contributed by atoms with Gasteiger partial charge in [0.2, 0.25) is 5.95 Å². The van der Waals surface area contributed by atoms with E-state index in [1.165, 1.54) is 12.1 Å². The number of nitro groups is 1. The van der Waals surface area contributed by atoms with Crippen LogP contribution in [-0.4, -0.2) is 46.7 Å². The Balaban J connectivity index is 1.25. The highest BCUT2D eigenvalue weighted by molar-refractivity contribution is 7.80. The molecular formula is C24H29N7O2S. The largest absolute Gasteiger partial charge is 0.362 e. The number of fused-ring (bicyclic) bond motifs is 1. The molecule has 0 atom stereocenters. The van der Waals surface area contributed by atoms with Crippen LogP contribution in [0.15, 0.2) is 48.5 Å². The molecule has 34 heavy (non-hydrogen) atoms. The number of aromatic nitrogens is 2. The van der Waals surface area contributed by atoms with Gasteiger partial charge in [0, 0.05) is 49.9 Å². The van der Waals surface area contributed by atoms with Crippen molar-refractivity contribution in [3.8, 4) is 0 Å². The monoisotopic (exact) mass is 479 g/mol. The molecule has 0 aliphatic heterocycles. The third-order valence-electron chi connectivity index (χ3n) is 6.07. The van der Waals surface area contributed by atoms with Crippen LogP contribution in [0, 0.1) is 16.0 Å². The predicted octanol–water partition coefficient (Wildman–Crippen LogP) is 4.56. The molecule has 1 aromatic heterocycles. The van der Waals surface area contributed by atoms with Gasteiger partial charge in [-0.15, -0.1) is 0 Å². The maximum absolute atomic E-state index is 10.8. The van der Waals surface area contributed by atoms with Gasteiger partial charge >= 0.3 is 0 Å². The first kappa shape index (κ1) is 23.6. The number of para-hydroxylation sites is 1. The lowest BCUT2D eigenvalue weighted by Gasteiger charge is -2.29. The molecule has 1 heterocycles. The molecule has 4 rings (SSSR count). The van der Waals surface area contributed by atoms with Gasteiger partial charge in [0.05, 0.1) is 10.4 Å². The summed E-state index contributed by atoms with van der Waals surface area (Å²) in [5.74, 6) is 2.13. The molecule has 1 aliphatic carbocycles. The van der Waals surface area contributed by atoms with E-state index in [4.69, 9.17) is 22.2 Å². The fourth-order valence-corrected chi connectivity index (χ4v) is 4.44. The Hall–Kier alpha value is -3.53. The van der Waals surface area contributed by atoms with E-state index in [1.807, 2.05) is 43.3 Å². The summed E-state index contributed by atoms with van der Waals surface area (Å²) in [4.78, 5) is 21.8. The van der Waals surface area contributed by atoms with E-state index < -0.39 is 4.92 Å². The van der Waals surface area contributed by atoms with E-state index in [2.05, 4.69) is 16.0 Å². The van der Waals surface area contributed by atoms with Gasteiger partial charge in [0.15, 0.2) is 5.11 Å². The summed E-state index contributed by atoms with van der Waals surface area (Å²) in [7, 11) is 4.00. The molecule has 0 unspecified atom stereocenters. The number of rotatable bonds is 7. The number of non-ortho nitro benzene ring substituents is 1. The molecule has 0 saturated heterocycles. The fraction of sp³-hybridized carbons (Fsp3) is 0.375. The second kappa shape index (κ2) is 10.6. The molecule has 3 aromatic rings. The van der Waals surface area contributed by atoms with Crippen LogP contribution >= 0.6 is 12.2 Å². The van der Waals surface area contributed by atoms with Crippen molar-refractivity contribution in [2.24, 2.45) is 5.92 Å². The minimum absolute atomic E-state index is 0.0572. The molecule has 9 nitrogen and oxygen atoms in total. The highest BCUT2D eigenvalue weighted by atomic mass is 32.1. The van der Waals surface area contributed by atoms with Crippen LogP contribution in [0.3, 0.4) is 0 Å². The van der Waals surface area contributed by atoms with E-state index in [-0.39, 0.29) is 5.69 Å². The van der Waals surface area contributed by atoms with Crippen LogP contribution in [0.25, 0.3) is 10.9 Å². The number of nitrogens with zero attached hydrogens (tertiary/aromatic N) is 4. The number of hydrogen-bond donors (Lipinski definition) is 3. The first-order valence-electron chi connectivity index (χ1n) is 11.4. The molecule has 0 amide bonds. The number of hydrogen-bond acceptors (Lipinski definition) is 7. The van der Waals surface area contributed by atoms with Crippen molar-refractivity contribution in [3.63, 3.8) is 0 Å². The third kappa shape index (κ3) is 5.88. The summed E-state index contributed by atoms with van der Waals surface area (Å²) in [5, 5.41) is 22.2. The zero-order chi connectivity index (χ0) is 24.1. The van der Waals surface area contributed by atoms with Crippen molar-refractivity contribution in [2.45, 2.75) is 31.7 Å². The molecule has 1 saturated carbocycles. The Morgan fingerprint density at radius 1 is 1.09 bits per heavy atom. The Labute approximate surface area is 204 Å². The van der Waals surface area contributed by atoms with Gasteiger partial charge in [-0.05, 0) is 68.1 Å². The molecule has 0 radical (unpaired) electrons. The topological polar surface area (TPSA) is 108 Å². The van der Waals surface area contributed by atoms with Gasteiger partial charge in [-0.3, -0.25) is 10.1 Å². The first-order chi connectivity index (χ1) is 16.4. The van der Waals surface area contributed by atoms with Crippen molar-refractivity contribution in [3.05, 3.63) is 58.6 Å². The van der Waals surface area contributed by atoms with Crippen LogP contribution in [0.5, 0.6) is 0 Å². The second-order valence-corrected chi connectivity index (χ2v) is 9.19. The number of thiocarbonyl (C=S) groups is 1. The second-order valence-electron chi connectivity index (χ2n) is 8.78. The number of anilines is 3. The first-order valence-corrected chi connectivity index (χ1v) is 11.8. The van der Waals surface area contributed by atoms with E-state index in [1.54, 1.807) is 12.1 Å². The molecule has 178 valence electrons. The number of nitro benzene ring substituents is 1. The molecule has 1 aliphatic rings. The molecule has 0 spiro atoms. The number of benzene rings is 2. The van der Waals surface area contributed by atoms with Gasteiger partial charge in [-0.2, -0.15) is 4.98 Å². The van der Waals surface area contributed by atoms with E-state index in [9.17, 15) is 10.1 Å². The maximum Gasteiger partial charge on any atom is 0.269 e. The van der Waals surface area contributed by atoms with Gasteiger partial charge in [0.1, 0.15) is 5.82 Å². The molecule has 0 bridgehead atoms. The SMILES string of the molecule is CN(C)c1nc(NC2CCC(CNC(=S)Nc3ccc([N+](=O)[O-])cc3)CC2)nc2ccccc12. The molecular weight excluding hydrogens is 450 g/mol. The van der Waals surface area contributed by atoms with Gasteiger partial charge in [-0.25, -0.2) is 4.98 Å². The summed E-state index contributed by atoms with van der Waals surface area (Å²) in [6.07, 6.45) is 4.25. The van der Waals surface area contributed by atoms with E-state index in [0.29, 0.717) is 23.0 Å². The summed E-state index contributed by atoms with van der Waals surface area (Å²) in [6, 6.07) is 14.6. The summed E-state index contributed by atoms with van der Waals surface area (Å²) < 4.78 is 0. The predicted molar refractivity (Wildman–Crippen MR) is 141 cm³/mol. The number of nitrogens with one attached hydrogen (secondary N) is 3. The van der Waals surface area contributed by atoms with Gasteiger partial charge < -0.3 is 20.9 Å². The quantitative estimate of drug-likeness (QED) is 0.255. The summed E-state index contributed by atoms with van der Waals surface area (Å²) in [6.45, 7) is 0.794. The molecule has 1 fully saturated rings. The Morgan fingerprint density at radius 2 is 1.79 bits per heavy atom. The summed E-state index contributed by atoms with van der Waals surface area (Å²) in [5.41, 5.74) is 1.72. The normalized spacial score (nSPS) is 17.7.